The summed E-state index contributed by atoms with van der Waals surface area (Å²) in [7, 11) is 1.75. The first-order valence-electron chi connectivity index (χ1n) is 9.11. The molecule has 1 heterocycles. The van der Waals surface area contributed by atoms with Crippen molar-refractivity contribution in [2.45, 2.75) is 32.2 Å². The van der Waals surface area contributed by atoms with Crippen LogP contribution in [0.2, 0.25) is 0 Å². The van der Waals surface area contributed by atoms with Crippen molar-refractivity contribution in [1.29, 1.82) is 0 Å². The molecule has 1 aromatic carbocycles. The number of guanidine groups is 1. The number of benzene rings is 1. The van der Waals surface area contributed by atoms with E-state index >= 15 is 0 Å². The molecule has 0 saturated heterocycles. The summed E-state index contributed by atoms with van der Waals surface area (Å²) in [5, 5.41) is 9.56. The molecule has 6 nitrogen and oxygen atoms in total. The predicted octanol–water partition coefficient (Wildman–Crippen LogP) is 2.93. The SMILES string of the molecule is CN=C(NCCc1ccco1)NCc1cccc(NC(=O)C2CCC2)c1. The highest BCUT2D eigenvalue weighted by Crippen LogP contribution is 2.27. The molecular formula is C20H26N4O2. The summed E-state index contributed by atoms with van der Waals surface area (Å²) >= 11 is 0. The monoisotopic (exact) mass is 354 g/mol. The molecule has 2 aromatic rings. The van der Waals surface area contributed by atoms with Crippen LogP contribution in [0.1, 0.15) is 30.6 Å². The molecule has 3 rings (SSSR count). The third-order valence-corrected chi connectivity index (χ3v) is 4.60. The van der Waals surface area contributed by atoms with Gasteiger partial charge in [0.2, 0.25) is 5.91 Å². The molecule has 1 saturated carbocycles. The largest absolute Gasteiger partial charge is 0.469 e. The molecule has 0 atom stereocenters. The van der Waals surface area contributed by atoms with Gasteiger partial charge in [0.25, 0.3) is 0 Å². The Morgan fingerprint density at radius 2 is 2.12 bits per heavy atom. The maximum Gasteiger partial charge on any atom is 0.227 e. The van der Waals surface area contributed by atoms with Gasteiger partial charge in [-0.15, -0.1) is 0 Å². The van der Waals surface area contributed by atoms with Gasteiger partial charge in [-0.05, 0) is 42.7 Å². The van der Waals surface area contributed by atoms with Crippen molar-refractivity contribution in [3.05, 3.63) is 54.0 Å². The van der Waals surface area contributed by atoms with E-state index < -0.39 is 0 Å². The molecule has 1 aliphatic carbocycles. The van der Waals surface area contributed by atoms with Crippen LogP contribution in [-0.4, -0.2) is 25.5 Å². The average Bonchev–Trinajstić information content (AvgIpc) is 3.10. The van der Waals surface area contributed by atoms with E-state index in [1.54, 1.807) is 13.3 Å². The van der Waals surface area contributed by atoms with Gasteiger partial charge in [0.05, 0.1) is 6.26 Å². The minimum atomic E-state index is 0.136. The van der Waals surface area contributed by atoms with Gasteiger partial charge in [0.1, 0.15) is 5.76 Å². The highest BCUT2D eigenvalue weighted by atomic mass is 16.3. The quantitative estimate of drug-likeness (QED) is 0.528. The van der Waals surface area contributed by atoms with E-state index in [0.29, 0.717) is 6.54 Å². The highest BCUT2D eigenvalue weighted by molar-refractivity contribution is 5.93. The number of carbonyl (C=O) groups is 1. The zero-order valence-corrected chi connectivity index (χ0v) is 15.1. The molecule has 138 valence electrons. The van der Waals surface area contributed by atoms with E-state index in [0.717, 1.165) is 55.2 Å². The van der Waals surface area contributed by atoms with Crippen LogP contribution in [0.25, 0.3) is 0 Å². The van der Waals surface area contributed by atoms with E-state index in [9.17, 15) is 4.79 Å². The summed E-state index contributed by atoms with van der Waals surface area (Å²) in [5.41, 5.74) is 1.94. The molecule has 0 radical (unpaired) electrons. The molecule has 26 heavy (non-hydrogen) atoms. The van der Waals surface area contributed by atoms with Crippen LogP contribution in [0.3, 0.4) is 0 Å². The van der Waals surface area contributed by atoms with Crippen molar-refractivity contribution in [2.24, 2.45) is 10.9 Å². The van der Waals surface area contributed by atoms with Gasteiger partial charge in [0.15, 0.2) is 5.96 Å². The summed E-state index contributed by atoms with van der Waals surface area (Å²) in [6.45, 7) is 1.37. The van der Waals surface area contributed by atoms with Gasteiger partial charge in [-0.1, -0.05) is 18.6 Å². The second-order valence-electron chi connectivity index (χ2n) is 6.50. The Bertz CT molecular complexity index is 736. The fraction of sp³-hybridized carbons (Fsp3) is 0.400. The minimum Gasteiger partial charge on any atom is -0.469 e. The summed E-state index contributed by atoms with van der Waals surface area (Å²) in [6, 6.07) is 11.8. The lowest BCUT2D eigenvalue weighted by Crippen LogP contribution is -2.37. The third kappa shape index (κ3) is 5.12. The topological polar surface area (TPSA) is 78.7 Å². The lowest BCUT2D eigenvalue weighted by atomic mass is 9.85. The van der Waals surface area contributed by atoms with Crippen molar-refractivity contribution in [1.82, 2.24) is 10.6 Å². The fourth-order valence-electron chi connectivity index (χ4n) is 2.84. The van der Waals surface area contributed by atoms with Crippen molar-refractivity contribution in [3.8, 4) is 0 Å². The molecule has 6 heteroatoms. The Morgan fingerprint density at radius 3 is 2.81 bits per heavy atom. The Labute approximate surface area is 154 Å². The third-order valence-electron chi connectivity index (χ3n) is 4.60. The number of carbonyl (C=O) groups excluding carboxylic acids is 1. The summed E-state index contributed by atoms with van der Waals surface area (Å²) in [5.74, 6) is 2.01. The average molecular weight is 354 g/mol. The molecule has 1 fully saturated rings. The Hall–Kier alpha value is -2.76. The smallest absolute Gasteiger partial charge is 0.227 e. The minimum absolute atomic E-state index is 0.136. The molecule has 3 N–H and O–H groups in total. The first-order valence-corrected chi connectivity index (χ1v) is 9.11. The van der Waals surface area contributed by atoms with Crippen LogP contribution < -0.4 is 16.0 Å². The molecule has 0 aliphatic heterocycles. The Morgan fingerprint density at radius 1 is 1.23 bits per heavy atom. The molecule has 1 amide bonds. The molecule has 0 bridgehead atoms. The van der Waals surface area contributed by atoms with Crippen LogP contribution in [-0.2, 0) is 17.8 Å². The van der Waals surface area contributed by atoms with E-state index in [-0.39, 0.29) is 11.8 Å². The number of aliphatic imine (C=N–C) groups is 1. The van der Waals surface area contributed by atoms with Crippen molar-refractivity contribution >= 4 is 17.6 Å². The maximum absolute atomic E-state index is 12.1. The van der Waals surface area contributed by atoms with Crippen molar-refractivity contribution < 1.29 is 9.21 Å². The number of hydrogen-bond acceptors (Lipinski definition) is 3. The summed E-state index contributed by atoms with van der Waals surface area (Å²) in [6.07, 6.45) is 5.66. The van der Waals surface area contributed by atoms with Crippen molar-refractivity contribution in [3.63, 3.8) is 0 Å². The number of rotatable bonds is 7. The van der Waals surface area contributed by atoms with Crippen LogP contribution in [0.5, 0.6) is 0 Å². The van der Waals surface area contributed by atoms with E-state index in [1.165, 1.54) is 0 Å². The lowest BCUT2D eigenvalue weighted by Gasteiger charge is -2.24. The van der Waals surface area contributed by atoms with Crippen LogP contribution in [0.15, 0.2) is 52.1 Å². The molecule has 0 unspecified atom stereocenters. The van der Waals surface area contributed by atoms with Gasteiger partial charge >= 0.3 is 0 Å². The fourth-order valence-corrected chi connectivity index (χ4v) is 2.84. The van der Waals surface area contributed by atoms with Gasteiger partial charge < -0.3 is 20.4 Å². The highest BCUT2D eigenvalue weighted by Gasteiger charge is 2.25. The van der Waals surface area contributed by atoms with Crippen LogP contribution in [0.4, 0.5) is 5.69 Å². The van der Waals surface area contributed by atoms with E-state index in [2.05, 4.69) is 20.9 Å². The molecule has 1 aromatic heterocycles. The lowest BCUT2D eigenvalue weighted by molar-refractivity contribution is -0.122. The first-order chi connectivity index (χ1) is 12.7. The van der Waals surface area contributed by atoms with Crippen molar-refractivity contribution in [2.75, 3.05) is 18.9 Å². The van der Waals surface area contributed by atoms with Gasteiger partial charge in [-0.3, -0.25) is 9.79 Å². The second-order valence-corrected chi connectivity index (χ2v) is 6.50. The Balaban J connectivity index is 1.45. The summed E-state index contributed by atoms with van der Waals surface area (Å²) in [4.78, 5) is 16.3. The van der Waals surface area contributed by atoms with Gasteiger partial charge in [0, 0.05) is 38.2 Å². The normalized spacial score (nSPS) is 14.6. The first kappa shape index (κ1) is 18.0. The Kier molecular flexibility index (Phi) is 6.30. The molecular weight excluding hydrogens is 328 g/mol. The van der Waals surface area contributed by atoms with Gasteiger partial charge in [-0.2, -0.15) is 0 Å². The predicted molar refractivity (Wildman–Crippen MR) is 103 cm³/mol. The number of furan rings is 1. The van der Waals surface area contributed by atoms with Gasteiger partial charge in [-0.25, -0.2) is 0 Å². The number of anilines is 1. The number of nitrogens with zero attached hydrogens (tertiary/aromatic N) is 1. The van der Waals surface area contributed by atoms with E-state index in [4.69, 9.17) is 4.42 Å². The number of nitrogens with one attached hydrogen (secondary N) is 3. The zero-order chi connectivity index (χ0) is 18.2. The van der Waals surface area contributed by atoms with Crippen LogP contribution >= 0.6 is 0 Å². The van der Waals surface area contributed by atoms with Crippen LogP contribution in [0, 0.1) is 5.92 Å². The number of hydrogen-bond donors (Lipinski definition) is 3. The molecule has 1 aliphatic rings. The number of amides is 1. The second kappa shape index (κ2) is 9.08. The standard InChI is InChI=1S/C20H26N4O2/c1-21-20(22-11-10-18-9-4-12-26-18)23-14-15-5-2-8-17(13-15)24-19(25)16-6-3-7-16/h2,4-5,8-9,12-13,16H,3,6-7,10-11,14H2,1H3,(H,24,25)(H2,21,22,23). The zero-order valence-electron chi connectivity index (χ0n) is 15.1. The maximum atomic E-state index is 12.1. The van der Waals surface area contributed by atoms with E-state index in [1.807, 2.05) is 36.4 Å². The summed E-state index contributed by atoms with van der Waals surface area (Å²) < 4.78 is 5.32. The molecule has 0 spiro atoms.